The molecule has 2 nitrogen and oxygen atoms in total. The van der Waals surface area contributed by atoms with Crippen molar-refractivity contribution in [2.75, 3.05) is 5.75 Å². The molecule has 0 radical (unpaired) electrons. The summed E-state index contributed by atoms with van der Waals surface area (Å²) in [6, 6.07) is -0.395. The van der Waals surface area contributed by atoms with Gasteiger partial charge in [-0.25, -0.2) is 0 Å². The first-order valence-electron chi connectivity index (χ1n) is 4.90. The zero-order chi connectivity index (χ0) is 11.5. The third-order valence-corrected chi connectivity index (χ3v) is 2.96. The normalized spacial score (nSPS) is 24.6. The number of rotatable bonds is 2. The minimum absolute atomic E-state index is 0.215. The van der Waals surface area contributed by atoms with Gasteiger partial charge in [-0.3, -0.25) is 4.99 Å². The largest absolute Gasteiger partial charge is 0.391 e. The van der Waals surface area contributed by atoms with Gasteiger partial charge < -0.3 is 5.32 Å². The molecular formula is C9H15F3N2S. The van der Waals surface area contributed by atoms with E-state index >= 15 is 0 Å². The van der Waals surface area contributed by atoms with E-state index < -0.39 is 18.6 Å². The Labute approximate surface area is 91.7 Å². The van der Waals surface area contributed by atoms with Crippen LogP contribution in [0.5, 0.6) is 0 Å². The van der Waals surface area contributed by atoms with Gasteiger partial charge in [0.25, 0.3) is 0 Å². The monoisotopic (exact) mass is 240 g/mol. The number of hydrogen-bond acceptors (Lipinski definition) is 3. The van der Waals surface area contributed by atoms with Gasteiger partial charge in [-0.15, -0.1) is 0 Å². The van der Waals surface area contributed by atoms with Crippen molar-refractivity contribution in [2.24, 2.45) is 4.99 Å². The second-order valence-electron chi connectivity index (χ2n) is 3.79. The van der Waals surface area contributed by atoms with E-state index in [4.69, 9.17) is 0 Å². The number of halogens is 3. The molecule has 0 amide bonds. The van der Waals surface area contributed by atoms with E-state index in [2.05, 4.69) is 10.3 Å². The molecule has 1 rings (SSSR count). The Bertz CT molecular complexity index is 240. The van der Waals surface area contributed by atoms with Crippen LogP contribution in [0.1, 0.15) is 26.7 Å². The van der Waals surface area contributed by atoms with E-state index in [1.165, 1.54) is 18.7 Å². The fraction of sp³-hybridized carbons (Fsp3) is 0.889. The zero-order valence-electron chi connectivity index (χ0n) is 8.77. The van der Waals surface area contributed by atoms with Crippen LogP contribution in [-0.2, 0) is 0 Å². The van der Waals surface area contributed by atoms with Crippen LogP contribution in [0.4, 0.5) is 13.2 Å². The number of amidine groups is 1. The number of nitrogens with one attached hydrogen (secondary N) is 1. The molecule has 1 heterocycles. The predicted molar refractivity (Wildman–Crippen MR) is 57.2 cm³/mol. The van der Waals surface area contributed by atoms with Crippen molar-refractivity contribution in [1.29, 1.82) is 0 Å². The molecule has 0 bridgehead atoms. The van der Waals surface area contributed by atoms with E-state index in [-0.39, 0.29) is 6.04 Å². The molecular weight excluding hydrogens is 225 g/mol. The molecule has 2 unspecified atom stereocenters. The average Bonchev–Trinajstić information content (AvgIpc) is 1.99. The molecule has 0 spiro atoms. The molecule has 0 aliphatic carbocycles. The molecule has 0 fully saturated rings. The summed E-state index contributed by atoms with van der Waals surface area (Å²) >= 11 is 1.49. The Morgan fingerprint density at radius 1 is 1.60 bits per heavy atom. The third kappa shape index (κ3) is 5.30. The van der Waals surface area contributed by atoms with Gasteiger partial charge in [-0.2, -0.15) is 13.2 Å². The van der Waals surface area contributed by atoms with Crippen molar-refractivity contribution in [3.63, 3.8) is 0 Å². The number of hydrogen-bond donors (Lipinski definition) is 1. The molecule has 1 aliphatic heterocycles. The van der Waals surface area contributed by atoms with Crippen molar-refractivity contribution in [3.05, 3.63) is 0 Å². The van der Waals surface area contributed by atoms with Gasteiger partial charge in [-0.1, -0.05) is 11.8 Å². The third-order valence-electron chi connectivity index (χ3n) is 2.02. The number of aliphatic imine (C=N–C) groups is 1. The van der Waals surface area contributed by atoms with E-state index in [1.54, 1.807) is 0 Å². The van der Waals surface area contributed by atoms with Crippen LogP contribution in [0.25, 0.3) is 0 Å². The molecule has 0 aromatic heterocycles. The second-order valence-corrected chi connectivity index (χ2v) is 4.87. The first-order valence-corrected chi connectivity index (χ1v) is 5.89. The fourth-order valence-electron chi connectivity index (χ4n) is 1.32. The molecule has 1 aliphatic rings. The van der Waals surface area contributed by atoms with E-state index in [9.17, 15) is 13.2 Å². The summed E-state index contributed by atoms with van der Waals surface area (Å²) in [6.07, 6.45) is -3.94. The van der Waals surface area contributed by atoms with Crippen LogP contribution < -0.4 is 5.32 Å². The lowest BCUT2D eigenvalue weighted by atomic mass is 10.2. The summed E-state index contributed by atoms with van der Waals surface area (Å²) in [5.41, 5.74) is 0. The van der Waals surface area contributed by atoms with Crippen LogP contribution in [0.3, 0.4) is 0 Å². The maximum atomic E-state index is 12.1. The Morgan fingerprint density at radius 3 is 2.80 bits per heavy atom. The lowest BCUT2D eigenvalue weighted by Gasteiger charge is -2.22. The Hall–Kier alpha value is -0.390. The molecule has 6 heteroatoms. The first-order chi connectivity index (χ1) is 6.87. The minimum Gasteiger partial charge on any atom is -0.362 e. The summed E-state index contributed by atoms with van der Waals surface area (Å²) in [5, 5.41) is 3.44. The second kappa shape index (κ2) is 5.09. The van der Waals surface area contributed by atoms with Crippen molar-refractivity contribution in [2.45, 2.75) is 44.9 Å². The predicted octanol–water partition coefficient (Wildman–Crippen LogP) is 2.80. The van der Waals surface area contributed by atoms with Crippen LogP contribution in [-0.4, -0.2) is 29.2 Å². The highest BCUT2D eigenvalue weighted by atomic mass is 32.2. The lowest BCUT2D eigenvalue weighted by Crippen LogP contribution is -2.36. The van der Waals surface area contributed by atoms with Gasteiger partial charge in [0.15, 0.2) is 5.17 Å². The Kier molecular flexibility index (Phi) is 4.31. The highest BCUT2D eigenvalue weighted by Crippen LogP contribution is 2.22. The standard InChI is InChI=1S/C9H15F3N2S/c1-6-3-4-15-8(13-6)14-7(2)5-9(10,11)12/h6-7H,3-5H2,1-2H3,(H,13,14). The highest BCUT2D eigenvalue weighted by molar-refractivity contribution is 8.13. The SMILES string of the molecule is CC1CCSC(NC(C)CC(F)(F)F)=N1. The van der Waals surface area contributed by atoms with Gasteiger partial charge in [0.1, 0.15) is 0 Å². The van der Waals surface area contributed by atoms with Crippen molar-refractivity contribution in [3.8, 4) is 0 Å². The van der Waals surface area contributed by atoms with E-state index in [0.717, 1.165) is 12.2 Å². The topological polar surface area (TPSA) is 24.4 Å². The summed E-state index contributed by atoms with van der Waals surface area (Å²) < 4.78 is 36.2. The Balaban J connectivity index is 2.40. The maximum Gasteiger partial charge on any atom is 0.391 e. The average molecular weight is 240 g/mol. The number of nitrogens with zero attached hydrogens (tertiary/aromatic N) is 1. The van der Waals surface area contributed by atoms with Crippen molar-refractivity contribution < 1.29 is 13.2 Å². The van der Waals surface area contributed by atoms with Gasteiger partial charge in [0.05, 0.1) is 12.5 Å². The molecule has 88 valence electrons. The fourth-order valence-corrected chi connectivity index (χ4v) is 2.51. The van der Waals surface area contributed by atoms with Crippen LogP contribution in [0.2, 0.25) is 0 Å². The summed E-state index contributed by atoms with van der Waals surface area (Å²) in [6.45, 7) is 3.49. The number of thioether (sulfide) groups is 1. The summed E-state index contributed by atoms with van der Waals surface area (Å²) in [5.74, 6) is 0.922. The van der Waals surface area contributed by atoms with Crippen LogP contribution in [0.15, 0.2) is 4.99 Å². The number of alkyl halides is 3. The van der Waals surface area contributed by atoms with Crippen molar-refractivity contribution in [1.82, 2.24) is 5.32 Å². The smallest absolute Gasteiger partial charge is 0.362 e. The first kappa shape index (κ1) is 12.7. The molecule has 0 aromatic carbocycles. The maximum absolute atomic E-state index is 12.1. The van der Waals surface area contributed by atoms with E-state index in [1.807, 2.05) is 6.92 Å². The van der Waals surface area contributed by atoms with E-state index in [0.29, 0.717) is 5.17 Å². The highest BCUT2D eigenvalue weighted by Gasteiger charge is 2.30. The summed E-state index contributed by atoms with van der Waals surface area (Å²) in [7, 11) is 0. The lowest BCUT2D eigenvalue weighted by molar-refractivity contribution is -0.138. The molecule has 15 heavy (non-hydrogen) atoms. The molecule has 0 saturated carbocycles. The van der Waals surface area contributed by atoms with Gasteiger partial charge in [0.2, 0.25) is 0 Å². The van der Waals surface area contributed by atoms with Gasteiger partial charge >= 0.3 is 6.18 Å². The molecule has 1 N–H and O–H groups in total. The zero-order valence-corrected chi connectivity index (χ0v) is 9.58. The quantitative estimate of drug-likeness (QED) is 0.802. The molecule has 0 saturated heterocycles. The Morgan fingerprint density at radius 2 is 2.27 bits per heavy atom. The summed E-state index contributed by atoms with van der Waals surface area (Å²) in [4.78, 5) is 4.25. The molecule has 2 atom stereocenters. The minimum atomic E-state index is -4.11. The van der Waals surface area contributed by atoms with Crippen molar-refractivity contribution >= 4 is 16.9 Å². The van der Waals surface area contributed by atoms with Gasteiger partial charge in [-0.05, 0) is 20.3 Å². The van der Waals surface area contributed by atoms with Crippen LogP contribution in [0, 0.1) is 0 Å². The van der Waals surface area contributed by atoms with Gasteiger partial charge in [0, 0.05) is 11.8 Å². The van der Waals surface area contributed by atoms with Crippen LogP contribution >= 0.6 is 11.8 Å². The molecule has 0 aromatic rings.